The third-order valence-corrected chi connectivity index (χ3v) is 3.15. The van der Waals surface area contributed by atoms with E-state index < -0.39 is 23.3 Å². The molecule has 5 nitrogen and oxygen atoms in total. The zero-order chi connectivity index (χ0) is 13.1. The van der Waals surface area contributed by atoms with Gasteiger partial charge in [0.05, 0.1) is 6.02 Å². The first kappa shape index (κ1) is 17.4. The molecule has 1 aliphatic rings. The minimum Gasteiger partial charge on any atom is -0.846 e. The molecule has 0 fully saturated rings. The molecule has 1 aliphatic heterocycles. The summed E-state index contributed by atoms with van der Waals surface area (Å²) in [5.74, 6) is -0.998. The van der Waals surface area contributed by atoms with E-state index in [0.29, 0.717) is 6.42 Å². The molecule has 2 unspecified atom stereocenters. The second-order valence-corrected chi connectivity index (χ2v) is 4.47. The molecule has 94 valence electrons. The van der Waals surface area contributed by atoms with Crippen LogP contribution in [-0.2, 0) is 9.59 Å². The molecule has 0 saturated heterocycles. The van der Waals surface area contributed by atoms with Gasteiger partial charge in [-0.1, -0.05) is 26.3 Å². The van der Waals surface area contributed by atoms with E-state index in [9.17, 15) is 14.7 Å². The van der Waals surface area contributed by atoms with Crippen LogP contribution in [0.4, 0.5) is 0 Å². The van der Waals surface area contributed by atoms with Gasteiger partial charge < -0.3 is 10.4 Å². The van der Waals surface area contributed by atoms with Gasteiger partial charge in [0.2, 0.25) is 5.91 Å². The van der Waals surface area contributed by atoms with Gasteiger partial charge in [-0.25, -0.2) is 4.99 Å². The summed E-state index contributed by atoms with van der Waals surface area (Å²) in [5, 5.41) is 13.1. The third-order valence-electron chi connectivity index (χ3n) is 3.15. The number of amidine groups is 1. The Labute approximate surface area is 129 Å². The van der Waals surface area contributed by atoms with Crippen molar-refractivity contribution in [3.8, 4) is 0 Å². The van der Waals surface area contributed by atoms with Crippen LogP contribution in [0.25, 0.3) is 0 Å². The zero-order valence-corrected chi connectivity index (χ0v) is 13.2. The Morgan fingerprint density at radius 2 is 2.17 bits per heavy atom. The van der Waals surface area contributed by atoms with Gasteiger partial charge in [-0.3, -0.25) is 9.59 Å². The van der Waals surface area contributed by atoms with E-state index >= 15 is 0 Å². The summed E-state index contributed by atoms with van der Waals surface area (Å²) >= 11 is 0. The molecule has 1 N–H and O–H groups in total. The number of allylic oxidation sites excluding steroid dienone is 1. The Morgan fingerprint density at radius 1 is 1.56 bits per heavy atom. The van der Waals surface area contributed by atoms with E-state index in [1.165, 1.54) is 6.08 Å². The molecule has 0 radical (unpaired) electrons. The molecular weight excluding hydrogens is 243 g/mol. The first-order valence-electron chi connectivity index (χ1n) is 5.68. The molecule has 0 spiro atoms. The number of rotatable bonds is 5. The van der Waals surface area contributed by atoms with Crippen LogP contribution in [0.3, 0.4) is 0 Å². The number of carbonyl (C=O) groups excluding carboxylic acids is 2. The minimum absolute atomic E-state index is 0. The smallest absolute Gasteiger partial charge is 0.846 e. The van der Waals surface area contributed by atoms with Gasteiger partial charge in [-0.2, -0.15) is 0 Å². The summed E-state index contributed by atoms with van der Waals surface area (Å²) in [6.07, 6.45) is 2.97. The number of hydrogen-bond donors (Lipinski definition) is 1. The molecular formula is C12H17N2NaO3. The molecule has 0 bridgehead atoms. The molecule has 2 amide bonds. The van der Waals surface area contributed by atoms with Crippen molar-refractivity contribution >= 4 is 17.8 Å². The molecule has 0 saturated carbocycles. The summed E-state index contributed by atoms with van der Waals surface area (Å²) in [4.78, 5) is 27.1. The van der Waals surface area contributed by atoms with Gasteiger partial charge in [0.15, 0.2) is 0 Å². The first-order chi connectivity index (χ1) is 7.96. The summed E-state index contributed by atoms with van der Waals surface area (Å²) < 4.78 is 0. The van der Waals surface area contributed by atoms with Crippen LogP contribution in [0.5, 0.6) is 0 Å². The Morgan fingerprint density at radius 3 is 2.61 bits per heavy atom. The van der Waals surface area contributed by atoms with Crippen molar-refractivity contribution in [1.29, 1.82) is 0 Å². The van der Waals surface area contributed by atoms with Crippen molar-refractivity contribution < 1.29 is 44.3 Å². The monoisotopic (exact) mass is 260 g/mol. The van der Waals surface area contributed by atoms with Gasteiger partial charge in [-0.15, -0.1) is 6.58 Å². The van der Waals surface area contributed by atoms with Crippen LogP contribution in [0.1, 0.15) is 33.1 Å². The Balaban J connectivity index is 0.00000289. The molecule has 0 aromatic carbocycles. The number of carbonyl (C=O) groups is 2. The van der Waals surface area contributed by atoms with Gasteiger partial charge >= 0.3 is 29.6 Å². The minimum atomic E-state index is -1.24. The predicted octanol–water partition coefficient (Wildman–Crippen LogP) is -2.64. The van der Waals surface area contributed by atoms with Gasteiger partial charge in [-0.05, 0) is 18.8 Å². The number of nitrogens with one attached hydrogen (secondary N) is 1. The van der Waals surface area contributed by atoms with Crippen molar-refractivity contribution in [2.24, 2.45) is 16.3 Å². The fraction of sp³-hybridized carbons (Fsp3) is 0.583. The van der Waals surface area contributed by atoms with E-state index in [2.05, 4.69) is 16.9 Å². The Bertz CT molecular complexity index is 382. The van der Waals surface area contributed by atoms with Gasteiger partial charge in [0.25, 0.3) is 5.91 Å². The molecule has 0 aromatic rings. The van der Waals surface area contributed by atoms with Crippen LogP contribution in [-0.4, -0.2) is 17.8 Å². The van der Waals surface area contributed by atoms with Crippen molar-refractivity contribution in [1.82, 2.24) is 5.32 Å². The second-order valence-electron chi connectivity index (χ2n) is 4.47. The molecule has 18 heavy (non-hydrogen) atoms. The average Bonchev–Trinajstić information content (AvgIpc) is 2.25. The molecule has 0 aliphatic carbocycles. The maximum Gasteiger partial charge on any atom is 1.00 e. The van der Waals surface area contributed by atoms with E-state index in [0.717, 1.165) is 6.42 Å². The summed E-state index contributed by atoms with van der Waals surface area (Å²) in [6, 6.07) is -0.871. The van der Waals surface area contributed by atoms with Crippen LogP contribution in [0.2, 0.25) is 0 Å². The SMILES string of the molecule is C=CCC1(CC(C)CC)C(=O)N=C([O-])NC1=O.[Na+]. The second kappa shape index (κ2) is 7.07. The Hall–Kier alpha value is -0.650. The van der Waals surface area contributed by atoms with E-state index in [1.54, 1.807) is 0 Å². The van der Waals surface area contributed by atoms with Crippen LogP contribution >= 0.6 is 0 Å². The largest absolute Gasteiger partial charge is 1.00 e. The maximum absolute atomic E-state index is 11.9. The van der Waals surface area contributed by atoms with Crippen molar-refractivity contribution in [3.05, 3.63) is 12.7 Å². The molecule has 1 rings (SSSR count). The number of amides is 2. The average molecular weight is 260 g/mol. The van der Waals surface area contributed by atoms with Crippen molar-refractivity contribution in [2.45, 2.75) is 33.1 Å². The molecule has 0 aromatic heterocycles. The fourth-order valence-corrected chi connectivity index (χ4v) is 1.97. The normalized spacial score (nSPS) is 24.7. The molecule has 1 heterocycles. The molecule has 2 atom stereocenters. The standard InChI is InChI=1S/C12H18N2O3.Na/c1-4-6-12(7-8(3)5-2)9(15)13-11(17)14-10(12)16;/h4,8H,1,5-7H2,2-3H3,(H2,13,14,15,16,17);/q;+1/p-1. The van der Waals surface area contributed by atoms with Crippen molar-refractivity contribution in [2.75, 3.05) is 0 Å². The first-order valence-corrected chi connectivity index (χ1v) is 5.68. The van der Waals surface area contributed by atoms with E-state index in [4.69, 9.17) is 0 Å². The third kappa shape index (κ3) is 3.43. The van der Waals surface area contributed by atoms with E-state index in [-0.39, 0.29) is 41.9 Å². The zero-order valence-electron chi connectivity index (χ0n) is 11.2. The maximum atomic E-state index is 11.9. The number of hydrogen-bond acceptors (Lipinski definition) is 3. The summed E-state index contributed by atoms with van der Waals surface area (Å²) in [5.41, 5.74) is -1.24. The van der Waals surface area contributed by atoms with Gasteiger partial charge in [0, 0.05) is 0 Å². The fourth-order valence-electron chi connectivity index (χ4n) is 1.97. The van der Waals surface area contributed by atoms with E-state index in [1.807, 2.05) is 13.8 Å². The van der Waals surface area contributed by atoms with Gasteiger partial charge in [0.1, 0.15) is 5.41 Å². The van der Waals surface area contributed by atoms with Crippen molar-refractivity contribution in [3.63, 3.8) is 0 Å². The Kier molecular flexibility index (Phi) is 6.81. The summed E-state index contributed by atoms with van der Waals surface area (Å²) in [6.45, 7) is 7.51. The number of nitrogens with zero attached hydrogens (tertiary/aromatic N) is 1. The van der Waals surface area contributed by atoms with Crippen LogP contribution in [0, 0.1) is 11.3 Å². The predicted molar refractivity (Wildman–Crippen MR) is 61.9 cm³/mol. The molecule has 6 heteroatoms. The van der Waals surface area contributed by atoms with Crippen LogP contribution in [0.15, 0.2) is 17.6 Å². The number of aliphatic imine (C=N–C) groups is 1. The summed E-state index contributed by atoms with van der Waals surface area (Å²) in [7, 11) is 0. The quantitative estimate of drug-likeness (QED) is 0.333. The van der Waals surface area contributed by atoms with Crippen LogP contribution < -0.4 is 40.0 Å². The topological polar surface area (TPSA) is 81.6 Å².